The maximum absolute atomic E-state index is 12.4. The molecule has 0 saturated carbocycles. The summed E-state index contributed by atoms with van der Waals surface area (Å²) in [6.45, 7) is 6.23. The average Bonchev–Trinajstić information content (AvgIpc) is 2.40. The Kier molecular flexibility index (Phi) is 4.99. The van der Waals surface area contributed by atoms with E-state index >= 15 is 0 Å². The quantitative estimate of drug-likeness (QED) is 0.788. The van der Waals surface area contributed by atoms with Gasteiger partial charge in [-0.15, -0.1) is 0 Å². The Morgan fingerprint density at radius 2 is 2.32 bits per heavy atom. The number of aryl methyl sites for hydroxylation is 1. The Labute approximate surface area is 121 Å². The van der Waals surface area contributed by atoms with Crippen molar-refractivity contribution in [3.8, 4) is 0 Å². The summed E-state index contributed by atoms with van der Waals surface area (Å²) in [4.78, 5) is 18.7. The maximum Gasteiger partial charge on any atom is 0.293 e. The van der Waals surface area contributed by atoms with Crippen LogP contribution in [-0.4, -0.2) is 40.2 Å². The molecule has 0 aromatic carbocycles. The summed E-state index contributed by atoms with van der Waals surface area (Å²) < 4.78 is 7.51. The van der Waals surface area contributed by atoms with Crippen molar-refractivity contribution in [3.63, 3.8) is 0 Å². The SMILES string of the molecule is CCCn1ccnc(N2CC(C)OC(CBr)C2)c1=O. The van der Waals surface area contributed by atoms with E-state index < -0.39 is 0 Å². The Bertz CT molecular complexity index is 477. The van der Waals surface area contributed by atoms with Crippen molar-refractivity contribution in [1.29, 1.82) is 0 Å². The standard InChI is InChI=1S/C13H20BrN3O2/c1-3-5-16-6-4-15-12(13(16)18)17-8-10(2)19-11(7-14)9-17/h4,6,10-11H,3,5,7-9H2,1-2H3. The molecule has 106 valence electrons. The van der Waals surface area contributed by atoms with Gasteiger partial charge in [0.15, 0.2) is 5.82 Å². The summed E-state index contributed by atoms with van der Waals surface area (Å²) in [5, 5.41) is 0.768. The second kappa shape index (κ2) is 6.52. The van der Waals surface area contributed by atoms with Gasteiger partial charge in [0.05, 0.1) is 12.2 Å². The molecule has 2 rings (SSSR count). The molecule has 0 bridgehead atoms. The first-order valence-corrected chi connectivity index (χ1v) is 7.79. The highest BCUT2D eigenvalue weighted by molar-refractivity contribution is 9.09. The van der Waals surface area contributed by atoms with Crippen molar-refractivity contribution in [2.75, 3.05) is 23.3 Å². The summed E-state index contributed by atoms with van der Waals surface area (Å²) in [7, 11) is 0. The predicted molar refractivity (Wildman–Crippen MR) is 79.1 cm³/mol. The Balaban J connectivity index is 2.25. The minimum Gasteiger partial charge on any atom is -0.371 e. The van der Waals surface area contributed by atoms with E-state index in [0.717, 1.165) is 18.3 Å². The van der Waals surface area contributed by atoms with Crippen LogP contribution in [0.5, 0.6) is 0 Å². The molecule has 1 aromatic heterocycles. The van der Waals surface area contributed by atoms with Gasteiger partial charge in [0.1, 0.15) is 0 Å². The van der Waals surface area contributed by atoms with Crippen LogP contribution < -0.4 is 10.5 Å². The van der Waals surface area contributed by atoms with E-state index in [0.29, 0.717) is 18.9 Å². The highest BCUT2D eigenvalue weighted by atomic mass is 79.9. The van der Waals surface area contributed by atoms with Gasteiger partial charge in [0.25, 0.3) is 5.56 Å². The highest BCUT2D eigenvalue weighted by Crippen LogP contribution is 2.16. The summed E-state index contributed by atoms with van der Waals surface area (Å²) in [6, 6.07) is 0. The molecule has 1 aliphatic heterocycles. The van der Waals surface area contributed by atoms with Crippen LogP contribution >= 0.6 is 15.9 Å². The molecular weight excluding hydrogens is 310 g/mol. The number of alkyl halides is 1. The third-order valence-corrected chi connectivity index (χ3v) is 3.88. The average molecular weight is 330 g/mol. The topological polar surface area (TPSA) is 47.4 Å². The zero-order valence-corrected chi connectivity index (χ0v) is 13.0. The summed E-state index contributed by atoms with van der Waals surface area (Å²) >= 11 is 3.44. The summed E-state index contributed by atoms with van der Waals surface area (Å²) in [6.07, 6.45) is 4.60. The first-order valence-electron chi connectivity index (χ1n) is 6.67. The zero-order valence-electron chi connectivity index (χ0n) is 11.4. The van der Waals surface area contributed by atoms with Crippen LogP contribution in [0, 0.1) is 0 Å². The van der Waals surface area contributed by atoms with Crippen LogP contribution in [0.15, 0.2) is 17.2 Å². The Morgan fingerprint density at radius 1 is 1.53 bits per heavy atom. The molecule has 1 aromatic rings. The molecule has 19 heavy (non-hydrogen) atoms. The molecule has 1 aliphatic rings. The van der Waals surface area contributed by atoms with E-state index in [1.54, 1.807) is 17.0 Å². The number of ether oxygens (including phenoxy) is 1. The third-order valence-electron chi connectivity index (χ3n) is 3.16. The minimum atomic E-state index is -0.00762. The molecule has 5 nitrogen and oxygen atoms in total. The van der Waals surface area contributed by atoms with Gasteiger partial charge in [0.2, 0.25) is 0 Å². The van der Waals surface area contributed by atoms with Crippen molar-refractivity contribution in [3.05, 3.63) is 22.7 Å². The van der Waals surface area contributed by atoms with E-state index in [4.69, 9.17) is 4.74 Å². The van der Waals surface area contributed by atoms with Gasteiger partial charge in [-0.05, 0) is 13.3 Å². The molecular formula is C13H20BrN3O2. The lowest BCUT2D eigenvalue weighted by molar-refractivity contribution is -0.00234. The van der Waals surface area contributed by atoms with Crippen LogP contribution in [0.1, 0.15) is 20.3 Å². The van der Waals surface area contributed by atoms with E-state index in [1.165, 1.54) is 0 Å². The molecule has 2 atom stereocenters. The van der Waals surface area contributed by atoms with Gasteiger partial charge >= 0.3 is 0 Å². The Hall–Kier alpha value is -0.880. The van der Waals surface area contributed by atoms with Crippen molar-refractivity contribution >= 4 is 21.7 Å². The van der Waals surface area contributed by atoms with Gasteiger partial charge in [0, 0.05) is 37.4 Å². The van der Waals surface area contributed by atoms with E-state index in [-0.39, 0.29) is 17.8 Å². The summed E-state index contributed by atoms with van der Waals surface area (Å²) in [5.74, 6) is 0.539. The maximum atomic E-state index is 12.4. The molecule has 0 spiro atoms. The van der Waals surface area contributed by atoms with Gasteiger partial charge in [-0.2, -0.15) is 0 Å². The first-order chi connectivity index (χ1) is 9.15. The molecule has 0 aliphatic carbocycles. The van der Waals surface area contributed by atoms with Gasteiger partial charge in [-0.1, -0.05) is 22.9 Å². The normalized spacial score (nSPS) is 23.6. The lowest BCUT2D eigenvalue weighted by Crippen LogP contribution is -2.49. The Morgan fingerprint density at radius 3 is 3.00 bits per heavy atom. The van der Waals surface area contributed by atoms with Crippen molar-refractivity contribution in [2.45, 2.75) is 39.0 Å². The van der Waals surface area contributed by atoms with Gasteiger partial charge in [-0.25, -0.2) is 4.98 Å². The number of nitrogens with zero attached hydrogens (tertiary/aromatic N) is 3. The van der Waals surface area contributed by atoms with E-state index in [2.05, 4.69) is 27.8 Å². The predicted octanol–water partition coefficient (Wildman–Crippen LogP) is 1.64. The smallest absolute Gasteiger partial charge is 0.293 e. The molecule has 2 heterocycles. The van der Waals surface area contributed by atoms with Crippen molar-refractivity contribution < 1.29 is 4.74 Å². The second-order valence-electron chi connectivity index (χ2n) is 4.88. The van der Waals surface area contributed by atoms with Gasteiger partial charge < -0.3 is 14.2 Å². The van der Waals surface area contributed by atoms with Crippen molar-refractivity contribution in [2.24, 2.45) is 0 Å². The lowest BCUT2D eigenvalue weighted by atomic mass is 10.2. The number of hydrogen-bond donors (Lipinski definition) is 0. The largest absolute Gasteiger partial charge is 0.371 e. The molecule has 2 unspecified atom stereocenters. The van der Waals surface area contributed by atoms with Crippen LogP contribution in [0.4, 0.5) is 5.82 Å². The molecule has 1 saturated heterocycles. The van der Waals surface area contributed by atoms with Gasteiger partial charge in [-0.3, -0.25) is 4.79 Å². The molecule has 0 radical (unpaired) electrons. The number of hydrogen-bond acceptors (Lipinski definition) is 4. The molecule has 0 N–H and O–H groups in total. The minimum absolute atomic E-state index is 0.00762. The molecule has 0 amide bonds. The van der Waals surface area contributed by atoms with Crippen LogP contribution in [0.25, 0.3) is 0 Å². The highest BCUT2D eigenvalue weighted by Gasteiger charge is 2.27. The van der Waals surface area contributed by atoms with E-state index in [9.17, 15) is 4.79 Å². The fourth-order valence-electron chi connectivity index (χ4n) is 2.37. The number of morpholine rings is 1. The fraction of sp³-hybridized carbons (Fsp3) is 0.692. The summed E-state index contributed by atoms with van der Waals surface area (Å²) in [5.41, 5.74) is -0.00762. The van der Waals surface area contributed by atoms with E-state index in [1.807, 2.05) is 11.8 Å². The number of aromatic nitrogens is 2. The second-order valence-corrected chi connectivity index (χ2v) is 5.52. The van der Waals surface area contributed by atoms with Crippen LogP contribution in [0.2, 0.25) is 0 Å². The third kappa shape index (κ3) is 3.36. The number of anilines is 1. The number of halogens is 1. The zero-order chi connectivity index (χ0) is 13.8. The van der Waals surface area contributed by atoms with Crippen LogP contribution in [-0.2, 0) is 11.3 Å². The lowest BCUT2D eigenvalue weighted by Gasteiger charge is -2.36. The molecule has 6 heteroatoms. The molecule has 1 fully saturated rings. The fourth-order valence-corrected chi connectivity index (χ4v) is 2.73. The monoisotopic (exact) mass is 329 g/mol. The van der Waals surface area contributed by atoms with Crippen molar-refractivity contribution in [1.82, 2.24) is 9.55 Å². The van der Waals surface area contributed by atoms with Crippen LogP contribution in [0.3, 0.4) is 0 Å². The number of rotatable bonds is 4. The first kappa shape index (κ1) is 14.5.